The van der Waals surface area contributed by atoms with Gasteiger partial charge in [0.05, 0.1) is 24.1 Å². The number of sulfonamides is 1. The van der Waals surface area contributed by atoms with Crippen LogP contribution in [0.3, 0.4) is 0 Å². The zero-order valence-corrected chi connectivity index (χ0v) is 18.8. The second kappa shape index (κ2) is 9.24. The number of aromatic nitrogens is 2. The average molecular weight is 440 g/mol. The molecule has 2 aromatic carbocycles. The van der Waals surface area contributed by atoms with Gasteiger partial charge in [0.2, 0.25) is 10.0 Å². The second-order valence-electron chi connectivity index (χ2n) is 8.23. The molecule has 164 valence electrons. The summed E-state index contributed by atoms with van der Waals surface area (Å²) in [6, 6.07) is 13.9. The maximum atomic E-state index is 12.7. The Kier molecular flexibility index (Phi) is 6.43. The van der Waals surface area contributed by atoms with Gasteiger partial charge in [-0.25, -0.2) is 13.4 Å². The Balaban J connectivity index is 1.64. The molecule has 7 heteroatoms. The van der Waals surface area contributed by atoms with Crippen LogP contribution in [-0.4, -0.2) is 36.8 Å². The maximum absolute atomic E-state index is 12.7. The van der Waals surface area contributed by atoms with Crippen molar-refractivity contribution in [1.29, 1.82) is 0 Å². The van der Waals surface area contributed by atoms with Gasteiger partial charge in [-0.15, -0.1) is 0 Å². The number of nitrogens with zero attached hydrogens (tertiary/aromatic N) is 1. The first-order chi connectivity index (χ1) is 14.9. The Morgan fingerprint density at radius 2 is 2.03 bits per heavy atom. The molecule has 1 aromatic heterocycles. The minimum atomic E-state index is -3.51. The number of imidazole rings is 1. The first-order valence-electron chi connectivity index (χ1n) is 10.7. The molecule has 1 fully saturated rings. The van der Waals surface area contributed by atoms with Crippen LogP contribution in [0.5, 0.6) is 0 Å². The number of ether oxygens (including phenoxy) is 1. The van der Waals surface area contributed by atoms with Crippen LogP contribution in [-0.2, 0) is 14.8 Å². The zero-order valence-electron chi connectivity index (χ0n) is 18.0. The van der Waals surface area contributed by atoms with Gasteiger partial charge in [0.15, 0.2) is 0 Å². The van der Waals surface area contributed by atoms with Crippen molar-refractivity contribution in [2.24, 2.45) is 0 Å². The molecule has 0 radical (unpaired) electrons. The summed E-state index contributed by atoms with van der Waals surface area (Å²) < 4.78 is 33.8. The molecule has 0 bridgehead atoms. The van der Waals surface area contributed by atoms with Gasteiger partial charge in [-0.3, -0.25) is 4.72 Å². The standard InChI is InChI=1S/C24H29N3O3S/c1-17-7-5-11-22(18(17)2)24(23-14-25-16-26-23)19-8-6-9-20(13-19)27-31(28,29)15-21-10-3-4-12-30-21/h5-9,11,13-14,16,21,24,27H,3-4,10,12,15H2,1-2H3,(H,25,26). The Bertz CT molecular complexity index is 1120. The monoisotopic (exact) mass is 439 g/mol. The van der Waals surface area contributed by atoms with E-state index in [-0.39, 0.29) is 17.8 Å². The third-order valence-corrected chi connectivity index (χ3v) is 7.32. The largest absolute Gasteiger partial charge is 0.377 e. The van der Waals surface area contributed by atoms with Crippen LogP contribution in [0.2, 0.25) is 0 Å². The zero-order chi connectivity index (χ0) is 21.8. The van der Waals surface area contributed by atoms with Crippen LogP contribution < -0.4 is 4.72 Å². The number of aryl methyl sites for hydroxylation is 1. The summed E-state index contributed by atoms with van der Waals surface area (Å²) in [4.78, 5) is 7.45. The number of hydrogen-bond acceptors (Lipinski definition) is 4. The topological polar surface area (TPSA) is 84.1 Å². The molecular weight excluding hydrogens is 410 g/mol. The van der Waals surface area contributed by atoms with E-state index >= 15 is 0 Å². The number of H-pyrrole nitrogens is 1. The summed E-state index contributed by atoms with van der Waals surface area (Å²) in [7, 11) is -3.51. The van der Waals surface area contributed by atoms with E-state index in [4.69, 9.17) is 4.74 Å². The lowest BCUT2D eigenvalue weighted by Crippen LogP contribution is -2.30. The molecule has 31 heavy (non-hydrogen) atoms. The highest BCUT2D eigenvalue weighted by Gasteiger charge is 2.24. The molecule has 2 heterocycles. The minimum Gasteiger partial charge on any atom is -0.377 e. The molecule has 1 aliphatic heterocycles. The summed E-state index contributed by atoms with van der Waals surface area (Å²) in [5.74, 6) is -0.0911. The van der Waals surface area contributed by atoms with Crippen molar-refractivity contribution >= 4 is 15.7 Å². The van der Waals surface area contributed by atoms with Crippen molar-refractivity contribution in [3.05, 3.63) is 82.9 Å². The minimum absolute atomic E-state index is 0.0157. The van der Waals surface area contributed by atoms with Crippen LogP contribution in [0.4, 0.5) is 5.69 Å². The van der Waals surface area contributed by atoms with Crippen molar-refractivity contribution < 1.29 is 13.2 Å². The summed E-state index contributed by atoms with van der Waals surface area (Å²) in [5, 5.41) is 0. The fourth-order valence-electron chi connectivity index (χ4n) is 4.22. The van der Waals surface area contributed by atoms with E-state index in [1.165, 1.54) is 16.7 Å². The predicted molar refractivity (Wildman–Crippen MR) is 123 cm³/mol. The van der Waals surface area contributed by atoms with Crippen molar-refractivity contribution in [1.82, 2.24) is 9.97 Å². The van der Waals surface area contributed by atoms with Crippen LogP contribution >= 0.6 is 0 Å². The molecule has 3 aromatic rings. The normalized spacial score (nSPS) is 17.9. The van der Waals surface area contributed by atoms with E-state index in [1.54, 1.807) is 12.4 Å². The lowest BCUT2D eigenvalue weighted by Gasteiger charge is -2.23. The van der Waals surface area contributed by atoms with Crippen LogP contribution in [0, 0.1) is 13.8 Å². The third kappa shape index (κ3) is 5.17. The summed E-state index contributed by atoms with van der Waals surface area (Å²) in [6.45, 7) is 4.85. The smallest absolute Gasteiger partial charge is 0.235 e. The lowest BCUT2D eigenvalue weighted by atomic mass is 9.85. The molecular formula is C24H29N3O3S. The molecule has 0 amide bonds. The molecule has 0 aliphatic carbocycles. The van der Waals surface area contributed by atoms with Gasteiger partial charge in [0.25, 0.3) is 0 Å². The van der Waals surface area contributed by atoms with Gasteiger partial charge < -0.3 is 9.72 Å². The van der Waals surface area contributed by atoms with E-state index in [0.29, 0.717) is 12.3 Å². The van der Waals surface area contributed by atoms with E-state index in [1.807, 2.05) is 24.4 Å². The van der Waals surface area contributed by atoms with E-state index in [0.717, 1.165) is 30.5 Å². The van der Waals surface area contributed by atoms with Crippen LogP contribution in [0.1, 0.15) is 53.1 Å². The van der Waals surface area contributed by atoms with Crippen molar-refractivity contribution in [2.75, 3.05) is 17.1 Å². The van der Waals surface area contributed by atoms with Gasteiger partial charge in [-0.1, -0.05) is 30.3 Å². The lowest BCUT2D eigenvalue weighted by molar-refractivity contribution is 0.0306. The van der Waals surface area contributed by atoms with Gasteiger partial charge >= 0.3 is 0 Å². The fraction of sp³-hybridized carbons (Fsp3) is 0.375. The molecule has 0 saturated carbocycles. The summed E-state index contributed by atoms with van der Waals surface area (Å²) in [5.41, 5.74) is 6.10. The molecule has 1 aliphatic rings. The molecule has 2 unspecified atom stereocenters. The first kappa shape index (κ1) is 21.6. The molecule has 1 saturated heterocycles. The van der Waals surface area contributed by atoms with Crippen molar-refractivity contribution in [3.63, 3.8) is 0 Å². The Labute approximate surface area is 184 Å². The summed E-state index contributed by atoms with van der Waals surface area (Å²) >= 11 is 0. The third-order valence-electron chi connectivity index (χ3n) is 5.96. The molecule has 2 atom stereocenters. The number of aromatic amines is 1. The SMILES string of the molecule is Cc1cccc(C(c2cccc(NS(=O)(=O)CC3CCCCO3)c2)c2cnc[nH]2)c1C. The molecule has 4 rings (SSSR count). The van der Waals surface area contributed by atoms with Crippen molar-refractivity contribution in [3.8, 4) is 0 Å². The van der Waals surface area contributed by atoms with Gasteiger partial charge in [0.1, 0.15) is 0 Å². The Morgan fingerprint density at radius 1 is 1.19 bits per heavy atom. The summed E-state index contributed by atoms with van der Waals surface area (Å²) in [6.07, 6.45) is 6.06. The Hall–Kier alpha value is -2.64. The van der Waals surface area contributed by atoms with E-state index in [9.17, 15) is 8.42 Å². The first-order valence-corrected chi connectivity index (χ1v) is 12.3. The quantitative estimate of drug-likeness (QED) is 0.567. The predicted octanol–water partition coefficient (Wildman–Crippen LogP) is 4.52. The van der Waals surface area contributed by atoms with Gasteiger partial charge in [-0.2, -0.15) is 0 Å². The number of hydrogen-bond donors (Lipinski definition) is 2. The fourth-order valence-corrected chi connectivity index (χ4v) is 5.55. The van der Waals surface area contributed by atoms with Crippen LogP contribution in [0.15, 0.2) is 55.0 Å². The highest BCUT2D eigenvalue weighted by atomic mass is 32.2. The number of rotatable bonds is 7. The van der Waals surface area contributed by atoms with Gasteiger partial charge in [-0.05, 0) is 67.5 Å². The number of nitrogens with one attached hydrogen (secondary N) is 2. The number of anilines is 1. The number of benzene rings is 2. The van der Waals surface area contributed by atoms with E-state index < -0.39 is 10.0 Å². The molecule has 0 spiro atoms. The Morgan fingerprint density at radius 3 is 2.77 bits per heavy atom. The molecule has 2 N–H and O–H groups in total. The van der Waals surface area contributed by atoms with E-state index in [2.05, 4.69) is 46.7 Å². The van der Waals surface area contributed by atoms with Gasteiger partial charge in [0, 0.05) is 24.2 Å². The second-order valence-corrected chi connectivity index (χ2v) is 9.99. The van der Waals surface area contributed by atoms with Crippen molar-refractivity contribution in [2.45, 2.75) is 45.1 Å². The average Bonchev–Trinajstić information content (AvgIpc) is 3.26. The molecule has 6 nitrogen and oxygen atoms in total. The highest BCUT2D eigenvalue weighted by Crippen LogP contribution is 2.34. The maximum Gasteiger partial charge on any atom is 0.235 e. The highest BCUT2D eigenvalue weighted by molar-refractivity contribution is 7.92. The van der Waals surface area contributed by atoms with Crippen LogP contribution in [0.25, 0.3) is 0 Å².